The maximum absolute atomic E-state index is 5.41. The lowest BCUT2D eigenvalue weighted by Crippen LogP contribution is -2.24. The van der Waals surface area contributed by atoms with Gasteiger partial charge in [-0.2, -0.15) is 0 Å². The van der Waals surface area contributed by atoms with Gasteiger partial charge in [-0.1, -0.05) is 71.2 Å². The Bertz CT molecular complexity index is 92.1. The summed E-state index contributed by atoms with van der Waals surface area (Å²) in [4.78, 5) is 0. The average Bonchev–Trinajstić information content (AvgIpc) is 1.87. The summed E-state index contributed by atoms with van der Waals surface area (Å²) in [6.07, 6.45) is 1.21. The first-order valence-corrected chi connectivity index (χ1v) is 4.60. The van der Waals surface area contributed by atoms with Gasteiger partial charge in [0.15, 0.2) is 0 Å². The number of rotatable bonds is 4. The normalized spacial score (nSPS) is 10.3. The van der Waals surface area contributed by atoms with Crippen LogP contribution in [0.3, 0.4) is 0 Å². The van der Waals surface area contributed by atoms with Crippen LogP contribution in [0.5, 0.6) is 0 Å². The van der Waals surface area contributed by atoms with Gasteiger partial charge in [0.1, 0.15) is 0 Å². The number of ether oxygens (including phenoxy) is 1. The molecule has 0 rings (SSSR count). The topological polar surface area (TPSA) is 9.23 Å². The van der Waals surface area contributed by atoms with E-state index in [4.69, 9.17) is 4.74 Å². The molecule has 0 saturated heterocycles. The van der Waals surface area contributed by atoms with E-state index in [2.05, 4.69) is 34.6 Å². The summed E-state index contributed by atoms with van der Waals surface area (Å²) < 4.78 is 5.41. The second kappa shape index (κ2) is 17.4. The summed E-state index contributed by atoms with van der Waals surface area (Å²) in [6, 6.07) is 0. The van der Waals surface area contributed by atoms with E-state index in [0.717, 1.165) is 13.2 Å². The van der Waals surface area contributed by atoms with Crippen LogP contribution in [0.15, 0.2) is 0 Å². The van der Waals surface area contributed by atoms with Gasteiger partial charge >= 0.3 is 0 Å². The van der Waals surface area contributed by atoms with Gasteiger partial charge in [-0.05, 0) is 18.3 Å². The molecule has 1 atom stereocenters. The molecule has 0 radical (unpaired) electrons. The molecule has 16 heavy (non-hydrogen) atoms. The van der Waals surface area contributed by atoms with Gasteiger partial charge in [-0.15, -0.1) is 0 Å². The highest BCUT2D eigenvalue weighted by molar-refractivity contribution is 4.71. The van der Waals surface area contributed by atoms with Crippen molar-refractivity contribution in [2.75, 3.05) is 13.2 Å². The van der Waals surface area contributed by atoms with Crippen molar-refractivity contribution in [3.05, 3.63) is 0 Å². The number of hydrogen-bond donors (Lipinski definition) is 0. The van der Waals surface area contributed by atoms with E-state index in [1.807, 2.05) is 0 Å². The van der Waals surface area contributed by atoms with Gasteiger partial charge in [0.2, 0.25) is 0 Å². The molecule has 0 saturated carbocycles. The molecular weight excluding hydrogens is 196 g/mol. The summed E-state index contributed by atoms with van der Waals surface area (Å²) in [5.41, 5.74) is 0.393. The van der Waals surface area contributed by atoms with Crippen molar-refractivity contribution in [2.24, 2.45) is 11.3 Å². The van der Waals surface area contributed by atoms with E-state index in [1.165, 1.54) is 6.42 Å². The Balaban J connectivity index is -0.0000000500. The molecule has 0 aromatic heterocycles. The van der Waals surface area contributed by atoms with Crippen LogP contribution >= 0.6 is 0 Å². The Kier molecular flexibility index (Phi) is 39.1. The van der Waals surface area contributed by atoms with Crippen LogP contribution in [0.25, 0.3) is 0 Å². The number of hydrogen-bond acceptors (Lipinski definition) is 1. The highest BCUT2D eigenvalue weighted by atomic mass is 16.5. The maximum Gasteiger partial charge on any atom is 0.0499 e. The van der Waals surface area contributed by atoms with Gasteiger partial charge < -0.3 is 4.74 Å². The molecule has 0 N–H and O–H groups in total. The first kappa shape index (κ1) is 36.0. The molecule has 0 aliphatic rings. The van der Waals surface area contributed by atoms with Gasteiger partial charge in [0, 0.05) is 13.2 Å². The summed E-state index contributed by atoms with van der Waals surface area (Å²) in [5, 5.41) is 0. The Morgan fingerprint density at radius 2 is 1.25 bits per heavy atom. The third-order valence-corrected chi connectivity index (χ3v) is 2.24. The highest BCUT2D eigenvalue weighted by Crippen LogP contribution is 2.28. The van der Waals surface area contributed by atoms with Crippen LogP contribution in [-0.4, -0.2) is 13.2 Å². The minimum atomic E-state index is 0. The Hall–Kier alpha value is -0.0400. The molecular formula is C15H42O. The molecule has 0 spiro atoms. The lowest BCUT2D eigenvalue weighted by atomic mass is 9.80. The lowest BCUT2D eigenvalue weighted by molar-refractivity contribution is 0.0607. The maximum atomic E-state index is 5.41. The second-order valence-corrected chi connectivity index (χ2v) is 4.13. The summed E-state index contributed by atoms with van der Waals surface area (Å²) in [6.45, 7) is 12.9. The predicted octanol–water partition coefficient (Wildman–Crippen LogP) is 6.28. The summed E-state index contributed by atoms with van der Waals surface area (Å²) >= 11 is 0. The average molecular weight is 238 g/mol. The summed E-state index contributed by atoms with van der Waals surface area (Å²) in [7, 11) is 0. The smallest absolute Gasteiger partial charge is 0.0499 e. The van der Waals surface area contributed by atoms with Crippen molar-refractivity contribution >= 4 is 0 Å². The zero-order chi connectivity index (χ0) is 8.91. The Morgan fingerprint density at radius 1 is 0.875 bits per heavy atom. The first-order chi connectivity index (χ1) is 5.02. The van der Waals surface area contributed by atoms with E-state index in [-0.39, 0.29) is 37.1 Å². The van der Waals surface area contributed by atoms with Gasteiger partial charge in [0.05, 0.1) is 0 Å². The lowest BCUT2D eigenvalue weighted by Gasteiger charge is -2.29. The van der Waals surface area contributed by atoms with E-state index in [0.29, 0.717) is 11.3 Å². The fourth-order valence-corrected chi connectivity index (χ4v) is 1.24. The zero-order valence-corrected chi connectivity index (χ0v) is 8.61. The first-order valence-electron chi connectivity index (χ1n) is 4.60. The van der Waals surface area contributed by atoms with Crippen molar-refractivity contribution in [1.29, 1.82) is 0 Å². The minimum Gasteiger partial charge on any atom is -0.381 e. The molecule has 0 fully saturated rings. The van der Waals surface area contributed by atoms with Crippen LogP contribution in [0.4, 0.5) is 0 Å². The summed E-state index contributed by atoms with van der Waals surface area (Å²) in [5.74, 6) is 0.697. The van der Waals surface area contributed by atoms with E-state index < -0.39 is 0 Å². The Labute approximate surface area is 108 Å². The molecule has 1 unspecified atom stereocenters. The fourth-order valence-electron chi connectivity index (χ4n) is 1.24. The van der Waals surface area contributed by atoms with Gasteiger partial charge in [-0.25, -0.2) is 0 Å². The monoisotopic (exact) mass is 238 g/mol. The standard InChI is InChI=1S/C10H22O.5CH4/c1-6-9(8-11-7-2)10(3,4)5;;;;;/h9H,6-8H2,1-5H3;5*1H4. The second-order valence-electron chi connectivity index (χ2n) is 4.13. The van der Waals surface area contributed by atoms with Crippen LogP contribution in [0, 0.1) is 11.3 Å². The minimum absolute atomic E-state index is 0. The van der Waals surface area contributed by atoms with Crippen molar-refractivity contribution in [3.63, 3.8) is 0 Å². The van der Waals surface area contributed by atoms with Crippen molar-refractivity contribution < 1.29 is 4.74 Å². The largest absolute Gasteiger partial charge is 0.381 e. The highest BCUT2D eigenvalue weighted by Gasteiger charge is 2.22. The quantitative estimate of drug-likeness (QED) is 0.560. The zero-order valence-electron chi connectivity index (χ0n) is 8.61. The third-order valence-electron chi connectivity index (χ3n) is 2.24. The SMILES string of the molecule is C.C.C.C.C.CCOCC(CC)C(C)(C)C. The van der Waals surface area contributed by atoms with Gasteiger partial charge in [0.25, 0.3) is 0 Å². The van der Waals surface area contributed by atoms with Crippen molar-refractivity contribution in [2.45, 2.75) is 78.2 Å². The van der Waals surface area contributed by atoms with Crippen LogP contribution in [0.2, 0.25) is 0 Å². The molecule has 0 aromatic carbocycles. The van der Waals surface area contributed by atoms with Crippen LogP contribution in [0.1, 0.15) is 78.2 Å². The molecule has 1 nitrogen and oxygen atoms in total. The van der Waals surface area contributed by atoms with Gasteiger partial charge in [-0.3, -0.25) is 0 Å². The molecule has 0 heterocycles. The van der Waals surface area contributed by atoms with Crippen LogP contribution < -0.4 is 0 Å². The molecule has 108 valence electrons. The van der Waals surface area contributed by atoms with Crippen molar-refractivity contribution in [3.8, 4) is 0 Å². The molecule has 1 heteroatoms. The van der Waals surface area contributed by atoms with Crippen molar-refractivity contribution in [1.82, 2.24) is 0 Å². The van der Waals surface area contributed by atoms with E-state index in [1.54, 1.807) is 0 Å². The molecule has 0 amide bonds. The molecule has 0 aromatic rings. The molecule has 0 bridgehead atoms. The van der Waals surface area contributed by atoms with E-state index in [9.17, 15) is 0 Å². The van der Waals surface area contributed by atoms with Crippen LogP contribution in [-0.2, 0) is 4.74 Å². The third kappa shape index (κ3) is 16.4. The Morgan fingerprint density at radius 3 is 1.44 bits per heavy atom. The fraction of sp³-hybridized carbons (Fsp3) is 1.00. The van der Waals surface area contributed by atoms with E-state index >= 15 is 0 Å². The molecule has 0 aliphatic carbocycles. The molecule has 0 aliphatic heterocycles. The predicted molar refractivity (Wildman–Crippen MR) is 83.4 cm³/mol.